The van der Waals surface area contributed by atoms with E-state index >= 15 is 0 Å². The maximum Gasteiger partial charge on any atom is 0.227 e. The van der Waals surface area contributed by atoms with E-state index in [9.17, 15) is 4.79 Å². The molecule has 6 heteroatoms. The van der Waals surface area contributed by atoms with Gasteiger partial charge in [0.05, 0.1) is 35.6 Å². The summed E-state index contributed by atoms with van der Waals surface area (Å²) in [5.74, 6) is 0.886. The zero-order valence-corrected chi connectivity index (χ0v) is 16.7. The fraction of sp³-hybridized carbons (Fsp3) is 0.409. The van der Waals surface area contributed by atoms with Crippen LogP contribution in [-0.4, -0.2) is 32.7 Å². The highest BCUT2D eigenvalue weighted by Gasteiger charge is 2.32. The van der Waals surface area contributed by atoms with Gasteiger partial charge >= 0.3 is 0 Å². The maximum atomic E-state index is 13.1. The standard InChI is InChI=1S/C22H26N4O2/c1-14-7-9-17(10-8-14)12-20(27)26-11-5-4-6-19(26)21-18(13-23-24-21)22-15(2)16(3)25-28-22/h7-10,13,19H,4-6,11-12H2,1-3H3,(H,23,24)/t19-/m0/s1. The summed E-state index contributed by atoms with van der Waals surface area (Å²) in [7, 11) is 0. The number of H-pyrrole nitrogens is 1. The summed E-state index contributed by atoms with van der Waals surface area (Å²) in [6, 6.07) is 8.16. The number of nitrogens with one attached hydrogen (secondary N) is 1. The number of aryl methyl sites for hydroxylation is 2. The Labute approximate surface area is 164 Å². The number of rotatable bonds is 4. The van der Waals surface area contributed by atoms with E-state index in [0.717, 1.165) is 59.6 Å². The van der Waals surface area contributed by atoms with Crippen LogP contribution < -0.4 is 0 Å². The van der Waals surface area contributed by atoms with Crippen LogP contribution in [0.5, 0.6) is 0 Å². The summed E-state index contributed by atoms with van der Waals surface area (Å²) < 4.78 is 5.56. The highest BCUT2D eigenvalue weighted by atomic mass is 16.5. The maximum absolute atomic E-state index is 13.1. The van der Waals surface area contributed by atoms with Crippen LogP contribution in [-0.2, 0) is 11.2 Å². The van der Waals surface area contributed by atoms with Crippen molar-refractivity contribution in [3.05, 3.63) is 58.5 Å². The second-order valence-electron chi connectivity index (χ2n) is 7.68. The van der Waals surface area contributed by atoms with Crippen LogP contribution in [0.3, 0.4) is 0 Å². The molecule has 1 fully saturated rings. The Balaban J connectivity index is 1.61. The second kappa shape index (κ2) is 7.62. The van der Waals surface area contributed by atoms with Gasteiger partial charge in [-0.1, -0.05) is 35.0 Å². The predicted molar refractivity (Wildman–Crippen MR) is 107 cm³/mol. The van der Waals surface area contributed by atoms with Crippen molar-refractivity contribution in [2.75, 3.05) is 6.54 Å². The molecule has 28 heavy (non-hydrogen) atoms. The van der Waals surface area contributed by atoms with Gasteiger partial charge in [0, 0.05) is 12.1 Å². The molecule has 1 aliphatic heterocycles. The summed E-state index contributed by atoms with van der Waals surface area (Å²) in [6.45, 7) is 6.75. The number of aromatic nitrogens is 3. The summed E-state index contributed by atoms with van der Waals surface area (Å²) in [6.07, 6.45) is 5.23. The van der Waals surface area contributed by atoms with Gasteiger partial charge in [-0.2, -0.15) is 5.10 Å². The van der Waals surface area contributed by atoms with Crippen LogP contribution in [0.15, 0.2) is 35.0 Å². The number of hydrogen-bond acceptors (Lipinski definition) is 4. The molecule has 1 N–H and O–H groups in total. The molecule has 6 nitrogen and oxygen atoms in total. The van der Waals surface area contributed by atoms with Crippen molar-refractivity contribution in [1.29, 1.82) is 0 Å². The Morgan fingerprint density at radius 1 is 1.21 bits per heavy atom. The number of benzene rings is 1. The molecule has 4 rings (SSSR count). The molecule has 0 unspecified atom stereocenters. The molecule has 3 heterocycles. The third-order valence-corrected chi connectivity index (χ3v) is 5.70. The van der Waals surface area contributed by atoms with E-state index in [0.29, 0.717) is 6.42 Å². The zero-order valence-electron chi connectivity index (χ0n) is 16.7. The van der Waals surface area contributed by atoms with E-state index in [2.05, 4.69) is 34.4 Å². The number of piperidine rings is 1. The zero-order chi connectivity index (χ0) is 19.7. The third-order valence-electron chi connectivity index (χ3n) is 5.70. The van der Waals surface area contributed by atoms with Gasteiger partial charge in [-0.3, -0.25) is 9.89 Å². The first kappa shape index (κ1) is 18.5. The Bertz CT molecular complexity index is 971. The Morgan fingerprint density at radius 2 is 2.00 bits per heavy atom. The largest absolute Gasteiger partial charge is 0.356 e. The molecule has 0 radical (unpaired) electrons. The van der Waals surface area contributed by atoms with Crippen molar-refractivity contribution in [3.8, 4) is 11.3 Å². The van der Waals surface area contributed by atoms with Gasteiger partial charge < -0.3 is 9.42 Å². The van der Waals surface area contributed by atoms with Crippen LogP contribution in [0.2, 0.25) is 0 Å². The topological polar surface area (TPSA) is 75.0 Å². The lowest BCUT2D eigenvalue weighted by Crippen LogP contribution is -2.39. The lowest BCUT2D eigenvalue weighted by atomic mass is 9.94. The van der Waals surface area contributed by atoms with E-state index in [-0.39, 0.29) is 11.9 Å². The lowest BCUT2D eigenvalue weighted by Gasteiger charge is -2.35. The van der Waals surface area contributed by atoms with Gasteiger partial charge in [0.1, 0.15) is 0 Å². The molecule has 1 amide bonds. The first-order valence-corrected chi connectivity index (χ1v) is 9.86. The average molecular weight is 378 g/mol. The number of carbonyl (C=O) groups is 1. The molecule has 2 aromatic heterocycles. The molecule has 1 aliphatic rings. The Hall–Kier alpha value is -2.89. The number of hydrogen-bond donors (Lipinski definition) is 1. The van der Waals surface area contributed by atoms with Crippen LogP contribution in [0.25, 0.3) is 11.3 Å². The molecular formula is C22H26N4O2. The van der Waals surface area contributed by atoms with Crippen LogP contribution >= 0.6 is 0 Å². The quantitative estimate of drug-likeness (QED) is 0.735. The van der Waals surface area contributed by atoms with Crippen molar-refractivity contribution in [1.82, 2.24) is 20.3 Å². The number of aromatic amines is 1. The van der Waals surface area contributed by atoms with Gasteiger partial charge in [0.2, 0.25) is 5.91 Å². The van der Waals surface area contributed by atoms with Crippen molar-refractivity contribution >= 4 is 5.91 Å². The highest BCUT2D eigenvalue weighted by molar-refractivity contribution is 5.80. The molecule has 1 atom stereocenters. The van der Waals surface area contributed by atoms with Crippen LogP contribution in [0.1, 0.15) is 53.4 Å². The number of carbonyl (C=O) groups excluding carboxylic acids is 1. The summed E-state index contributed by atoms with van der Waals surface area (Å²) >= 11 is 0. The summed E-state index contributed by atoms with van der Waals surface area (Å²) in [5, 5.41) is 11.5. The second-order valence-corrected chi connectivity index (χ2v) is 7.68. The smallest absolute Gasteiger partial charge is 0.227 e. The average Bonchev–Trinajstić information content (AvgIpc) is 3.30. The number of amides is 1. The normalized spacial score (nSPS) is 17.1. The number of nitrogens with zero attached hydrogens (tertiary/aromatic N) is 3. The fourth-order valence-corrected chi connectivity index (χ4v) is 3.91. The van der Waals surface area contributed by atoms with E-state index in [4.69, 9.17) is 4.52 Å². The molecule has 1 saturated heterocycles. The lowest BCUT2D eigenvalue weighted by molar-refractivity contribution is -0.134. The van der Waals surface area contributed by atoms with E-state index in [1.807, 2.05) is 30.9 Å². The van der Waals surface area contributed by atoms with Crippen LogP contribution in [0.4, 0.5) is 0 Å². The van der Waals surface area contributed by atoms with Gasteiger partial charge in [0.25, 0.3) is 0 Å². The first-order valence-electron chi connectivity index (χ1n) is 9.86. The fourth-order valence-electron chi connectivity index (χ4n) is 3.91. The van der Waals surface area contributed by atoms with Crippen molar-refractivity contribution in [3.63, 3.8) is 0 Å². The van der Waals surface area contributed by atoms with Gasteiger partial charge in [-0.25, -0.2) is 0 Å². The minimum absolute atomic E-state index is 0.0194. The molecule has 1 aromatic carbocycles. The van der Waals surface area contributed by atoms with E-state index in [1.54, 1.807) is 6.20 Å². The predicted octanol–water partition coefficient (Wildman–Crippen LogP) is 4.29. The summed E-state index contributed by atoms with van der Waals surface area (Å²) in [5.41, 5.74) is 5.97. The molecule has 0 saturated carbocycles. The van der Waals surface area contributed by atoms with Crippen molar-refractivity contribution < 1.29 is 9.32 Å². The Kier molecular flexibility index (Phi) is 5.03. The van der Waals surface area contributed by atoms with E-state index < -0.39 is 0 Å². The summed E-state index contributed by atoms with van der Waals surface area (Å²) in [4.78, 5) is 15.1. The molecule has 0 aliphatic carbocycles. The molecular weight excluding hydrogens is 352 g/mol. The highest BCUT2D eigenvalue weighted by Crippen LogP contribution is 2.37. The van der Waals surface area contributed by atoms with E-state index in [1.165, 1.54) is 5.56 Å². The monoisotopic (exact) mass is 378 g/mol. The molecule has 0 spiro atoms. The minimum atomic E-state index is -0.0194. The van der Waals surface area contributed by atoms with Crippen molar-refractivity contribution in [2.45, 2.75) is 52.5 Å². The van der Waals surface area contributed by atoms with Gasteiger partial charge in [-0.15, -0.1) is 0 Å². The minimum Gasteiger partial charge on any atom is -0.356 e. The number of likely N-dealkylation sites (tertiary alicyclic amines) is 1. The van der Waals surface area contributed by atoms with Crippen LogP contribution in [0, 0.1) is 20.8 Å². The van der Waals surface area contributed by atoms with Gasteiger partial charge in [-0.05, 0) is 45.6 Å². The Morgan fingerprint density at radius 3 is 2.71 bits per heavy atom. The third kappa shape index (κ3) is 3.46. The molecule has 3 aromatic rings. The molecule has 0 bridgehead atoms. The van der Waals surface area contributed by atoms with Gasteiger partial charge in [0.15, 0.2) is 5.76 Å². The van der Waals surface area contributed by atoms with Crippen molar-refractivity contribution in [2.24, 2.45) is 0 Å². The first-order chi connectivity index (χ1) is 13.5. The SMILES string of the molecule is Cc1ccc(CC(=O)N2CCCC[C@H]2c2[nH]ncc2-c2onc(C)c2C)cc1. The molecule has 146 valence electrons.